The van der Waals surface area contributed by atoms with Crippen LogP contribution in [0.2, 0.25) is 0 Å². The Morgan fingerprint density at radius 3 is 2.15 bits per heavy atom. The van der Waals surface area contributed by atoms with Crippen LogP contribution in [0.15, 0.2) is 34.0 Å². The maximum Gasteiger partial charge on any atom is 0.323 e. The molecule has 182 valence electrons. The Balaban J connectivity index is 1.43. The minimum atomic E-state index is -3.63. The van der Waals surface area contributed by atoms with Crippen LogP contribution in [0.1, 0.15) is 29.2 Å². The standard InChI is InChI=1S/C24H31N5O4S/c1-14-12-15(2)17(4)22(16(14)3)34(32,33)29-10-8-28(9-11-29)18(5)23(30)25-19-6-7-20-21(13-19)27-24(31)26-20/h6-7,12-13,18H,8-11H2,1-5H3,(H,25,30)(H2,26,27,31)/t18-/m1/s1. The minimum Gasteiger partial charge on any atom is -0.325 e. The smallest absolute Gasteiger partial charge is 0.323 e. The molecule has 0 spiro atoms. The van der Waals surface area contributed by atoms with Gasteiger partial charge in [-0.25, -0.2) is 13.2 Å². The minimum absolute atomic E-state index is 0.186. The second-order valence-corrected chi connectivity index (χ2v) is 10.9. The van der Waals surface area contributed by atoms with E-state index in [2.05, 4.69) is 15.3 Å². The largest absolute Gasteiger partial charge is 0.325 e. The SMILES string of the molecule is Cc1cc(C)c(C)c(S(=O)(=O)N2CCN([C@H](C)C(=O)Nc3ccc4[nH]c(=O)[nH]c4c3)CC2)c1C. The summed E-state index contributed by atoms with van der Waals surface area (Å²) in [5.41, 5.74) is 5.08. The molecule has 0 saturated carbocycles. The molecule has 1 fully saturated rings. The fourth-order valence-electron chi connectivity index (χ4n) is 4.55. The number of anilines is 1. The number of amides is 1. The van der Waals surface area contributed by atoms with Crippen molar-refractivity contribution >= 4 is 32.7 Å². The fraction of sp³-hybridized carbons (Fsp3) is 0.417. The first-order valence-corrected chi connectivity index (χ1v) is 12.8. The van der Waals surface area contributed by atoms with Gasteiger partial charge in [-0.3, -0.25) is 9.69 Å². The van der Waals surface area contributed by atoms with Crippen molar-refractivity contribution in [2.24, 2.45) is 0 Å². The number of aromatic nitrogens is 2. The third-order valence-corrected chi connectivity index (χ3v) is 9.05. The predicted octanol–water partition coefficient (Wildman–Crippen LogP) is 2.42. The molecule has 3 N–H and O–H groups in total. The van der Waals surface area contributed by atoms with E-state index in [0.717, 1.165) is 22.3 Å². The molecule has 1 amide bonds. The Morgan fingerprint density at radius 1 is 0.941 bits per heavy atom. The maximum atomic E-state index is 13.5. The summed E-state index contributed by atoms with van der Waals surface area (Å²) in [6.07, 6.45) is 0. The van der Waals surface area contributed by atoms with Gasteiger partial charge >= 0.3 is 5.69 Å². The molecule has 0 radical (unpaired) electrons. The van der Waals surface area contributed by atoms with E-state index in [4.69, 9.17) is 0 Å². The van der Waals surface area contributed by atoms with E-state index in [-0.39, 0.29) is 11.6 Å². The average molecular weight is 486 g/mol. The lowest BCUT2D eigenvalue weighted by molar-refractivity contribution is -0.121. The molecular formula is C24H31N5O4S. The Bertz CT molecular complexity index is 1390. The second-order valence-electron chi connectivity index (χ2n) is 9.03. The highest BCUT2D eigenvalue weighted by atomic mass is 32.2. The van der Waals surface area contributed by atoms with Crippen LogP contribution >= 0.6 is 0 Å². The molecule has 2 heterocycles. The van der Waals surface area contributed by atoms with Gasteiger partial charge in [0.1, 0.15) is 0 Å². The maximum absolute atomic E-state index is 13.5. The number of nitrogens with one attached hydrogen (secondary N) is 3. The van der Waals surface area contributed by atoms with Crippen molar-refractivity contribution in [2.75, 3.05) is 31.5 Å². The quantitative estimate of drug-likeness (QED) is 0.513. The number of hydrogen-bond acceptors (Lipinski definition) is 5. The van der Waals surface area contributed by atoms with E-state index in [0.29, 0.717) is 47.8 Å². The van der Waals surface area contributed by atoms with Crippen LogP contribution in [0.4, 0.5) is 5.69 Å². The summed E-state index contributed by atoms with van der Waals surface area (Å²) in [5, 5.41) is 2.89. The number of piperazine rings is 1. The van der Waals surface area contributed by atoms with Crippen molar-refractivity contribution in [1.29, 1.82) is 0 Å². The second kappa shape index (κ2) is 9.01. The Labute approximate surface area is 199 Å². The van der Waals surface area contributed by atoms with Crippen LogP contribution in [0, 0.1) is 27.7 Å². The van der Waals surface area contributed by atoms with Gasteiger partial charge in [-0.05, 0) is 75.1 Å². The van der Waals surface area contributed by atoms with Gasteiger partial charge in [-0.1, -0.05) is 6.07 Å². The number of carbonyl (C=O) groups excluding carboxylic acids is 1. The number of benzene rings is 2. The van der Waals surface area contributed by atoms with Crippen LogP contribution in [-0.2, 0) is 14.8 Å². The van der Waals surface area contributed by atoms with Crippen molar-refractivity contribution in [1.82, 2.24) is 19.2 Å². The summed E-state index contributed by atoms with van der Waals surface area (Å²) in [6, 6.07) is 6.75. The summed E-state index contributed by atoms with van der Waals surface area (Å²) in [4.78, 5) is 32.0. The van der Waals surface area contributed by atoms with E-state index in [1.54, 1.807) is 18.2 Å². The van der Waals surface area contributed by atoms with Crippen molar-refractivity contribution in [3.63, 3.8) is 0 Å². The van der Waals surface area contributed by atoms with Crippen molar-refractivity contribution in [2.45, 2.75) is 45.6 Å². The van der Waals surface area contributed by atoms with Gasteiger partial charge < -0.3 is 15.3 Å². The van der Waals surface area contributed by atoms with E-state index in [9.17, 15) is 18.0 Å². The lowest BCUT2D eigenvalue weighted by atomic mass is 10.0. The molecule has 0 bridgehead atoms. The number of imidazole rings is 1. The normalized spacial score (nSPS) is 16.6. The fourth-order valence-corrected chi connectivity index (χ4v) is 6.55. The summed E-state index contributed by atoms with van der Waals surface area (Å²) >= 11 is 0. The van der Waals surface area contributed by atoms with Crippen LogP contribution in [0.3, 0.4) is 0 Å². The van der Waals surface area contributed by atoms with Gasteiger partial charge in [0, 0.05) is 31.9 Å². The monoisotopic (exact) mass is 485 g/mol. The average Bonchev–Trinajstić information content (AvgIpc) is 3.16. The predicted molar refractivity (Wildman–Crippen MR) is 133 cm³/mol. The molecule has 3 aromatic rings. The Hall–Kier alpha value is -2.95. The topological polar surface area (TPSA) is 118 Å². The van der Waals surface area contributed by atoms with E-state index in [1.165, 1.54) is 4.31 Å². The van der Waals surface area contributed by atoms with Crippen LogP contribution in [-0.4, -0.2) is 65.7 Å². The molecular weight excluding hydrogens is 454 g/mol. The summed E-state index contributed by atoms with van der Waals surface area (Å²) < 4.78 is 28.5. The van der Waals surface area contributed by atoms with Gasteiger partial charge in [0.05, 0.1) is 22.0 Å². The van der Waals surface area contributed by atoms with Gasteiger partial charge in [-0.15, -0.1) is 0 Å². The van der Waals surface area contributed by atoms with E-state index >= 15 is 0 Å². The van der Waals surface area contributed by atoms with Crippen LogP contribution < -0.4 is 11.0 Å². The number of rotatable bonds is 5. The highest BCUT2D eigenvalue weighted by molar-refractivity contribution is 7.89. The van der Waals surface area contributed by atoms with Crippen LogP contribution in [0.5, 0.6) is 0 Å². The molecule has 1 aliphatic heterocycles. The molecule has 1 atom stereocenters. The molecule has 0 unspecified atom stereocenters. The molecule has 34 heavy (non-hydrogen) atoms. The number of sulfonamides is 1. The van der Waals surface area contributed by atoms with Gasteiger partial charge in [0.15, 0.2) is 0 Å². The van der Waals surface area contributed by atoms with Crippen LogP contribution in [0.25, 0.3) is 11.0 Å². The number of aryl methyl sites for hydroxylation is 2. The number of fused-ring (bicyclic) bond motifs is 1. The Morgan fingerprint density at radius 2 is 1.53 bits per heavy atom. The third-order valence-electron chi connectivity index (χ3n) is 6.88. The molecule has 0 aliphatic carbocycles. The highest BCUT2D eigenvalue weighted by Crippen LogP contribution is 2.29. The first-order valence-electron chi connectivity index (χ1n) is 11.3. The van der Waals surface area contributed by atoms with Gasteiger partial charge in [0.2, 0.25) is 15.9 Å². The molecule has 9 nitrogen and oxygen atoms in total. The first-order chi connectivity index (χ1) is 16.0. The zero-order valence-electron chi connectivity index (χ0n) is 20.2. The zero-order valence-corrected chi connectivity index (χ0v) is 21.0. The first kappa shape index (κ1) is 24.2. The number of aromatic amines is 2. The Kier molecular flexibility index (Phi) is 6.41. The number of carbonyl (C=O) groups is 1. The zero-order chi connectivity index (χ0) is 24.8. The van der Waals surface area contributed by atoms with Crippen molar-refractivity contribution in [3.8, 4) is 0 Å². The molecule has 4 rings (SSSR count). The summed E-state index contributed by atoms with van der Waals surface area (Å²) in [5.74, 6) is -0.186. The van der Waals surface area contributed by atoms with Gasteiger partial charge in [-0.2, -0.15) is 4.31 Å². The molecule has 2 aromatic carbocycles. The molecule has 1 saturated heterocycles. The molecule has 1 aliphatic rings. The lowest BCUT2D eigenvalue weighted by Gasteiger charge is -2.37. The number of H-pyrrole nitrogens is 2. The third kappa shape index (κ3) is 4.40. The van der Waals surface area contributed by atoms with E-state index in [1.807, 2.05) is 45.6 Å². The number of hydrogen-bond donors (Lipinski definition) is 3. The van der Waals surface area contributed by atoms with E-state index < -0.39 is 16.1 Å². The van der Waals surface area contributed by atoms with Crippen molar-refractivity contribution < 1.29 is 13.2 Å². The molecule has 10 heteroatoms. The van der Waals surface area contributed by atoms with Gasteiger partial charge in [0.25, 0.3) is 0 Å². The summed E-state index contributed by atoms with van der Waals surface area (Å²) in [6.45, 7) is 11.0. The molecule has 1 aromatic heterocycles. The summed E-state index contributed by atoms with van der Waals surface area (Å²) in [7, 11) is -3.63. The van der Waals surface area contributed by atoms with Crippen molar-refractivity contribution in [3.05, 3.63) is 57.0 Å². The lowest BCUT2D eigenvalue weighted by Crippen LogP contribution is -2.54. The number of nitrogens with zero attached hydrogens (tertiary/aromatic N) is 2. The highest BCUT2D eigenvalue weighted by Gasteiger charge is 2.34.